The minimum Gasteiger partial charge on any atom is -0.326 e. The summed E-state index contributed by atoms with van der Waals surface area (Å²) < 4.78 is 1.81. The number of nitrogens with one attached hydrogen (secondary N) is 1. The maximum atomic E-state index is 12.4. The second-order valence-corrected chi connectivity index (χ2v) is 7.13. The van der Waals surface area contributed by atoms with Crippen LogP contribution >= 0.6 is 11.3 Å². The van der Waals surface area contributed by atoms with Crippen molar-refractivity contribution in [1.82, 2.24) is 14.8 Å². The molecule has 3 aromatic rings. The van der Waals surface area contributed by atoms with Crippen LogP contribution in [0.1, 0.15) is 22.1 Å². The summed E-state index contributed by atoms with van der Waals surface area (Å²) in [6.45, 7) is 2.10. The minimum atomic E-state index is 0.0895. The van der Waals surface area contributed by atoms with E-state index in [2.05, 4.69) is 34.6 Å². The summed E-state index contributed by atoms with van der Waals surface area (Å²) in [6, 6.07) is 12.0. The normalized spacial score (nSPS) is 19.5. The van der Waals surface area contributed by atoms with E-state index >= 15 is 0 Å². The summed E-state index contributed by atoms with van der Waals surface area (Å²) in [5, 5.41) is 10.6. The Hall–Kier alpha value is -2.47. The van der Waals surface area contributed by atoms with E-state index in [1.54, 1.807) is 24.0 Å². The molecule has 0 bridgehead atoms. The molecule has 2 heterocycles. The molecule has 0 spiro atoms. The van der Waals surface area contributed by atoms with Crippen molar-refractivity contribution < 1.29 is 4.79 Å². The van der Waals surface area contributed by atoms with Gasteiger partial charge in [-0.3, -0.25) is 9.36 Å². The van der Waals surface area contributed by atoms with Gasteiger partial charge >= 0.3 is 0 Å². The number of rotatable bonds is 4. The van der Waals surface area contributed by atoms with Gasteiger partial charge in [0.05, 0.1) is 5.69 Å². The number of anilines is 1. The Morgan fingerprint density at radius 3 is 2.83 bits per heavy atom. The molecule has 1 fully saturated rings. The summed E-state index contributed by atoms with van der Waals surface area (Å²) in [5.74, 6) is 0.573. The van der Waals surface area contributed by atoms with E-state index < -0.39 is 0 Å². The molecule has 1 N–H and O–H groups in total. The van der Waals surface area contributed by atoms with Crippen molar-refractivity contribution in [2.75, 3.05) is 5.32 Å². The number of benzene rings is 1. The lowest BCUT2D eigenvalue weighted by Crippen LogP contribution is -2.14. The van der Waals surface area contributed by atoms with Gasteiger partial charge in [-0.05, 0) is 43.7 Å². The minimum absolute atomic E-state index is 0.0895. The number of nitrogens with zero attached hydrogens (tertiary/aromatic N) is 3. The van der Waals surface area contributed by atoms with Crippen molar-refractivity contribution in [1.29, 1.82) is 0 Å². The molecule has 1 aromatic carbocycles. The Balaban J connectivity index is 1.45. The predicted molar refractivity (Wildman–Crippen MR) is 89.9 cm³/mol. The van der Waals surface area contributed by atoms with E-state index in [0.29, 0.717) is 5.92 Å². The molecule has 1 saturated carbocycles. The van der Waals surface area contributed by atoms with Crippen molar-refractivity contribution in [2.24, 2.45) is 5.92 Å². The number of aryl methyl sites for hydroxylation is 1. The van der Waals surface area contributed by atoms with Crippen LogP contribution < -0.4 is 5.32 Å². The molecule has 1 aliphatic rings. The van der Waals surface area contributed by atoms with Crippen LogP contribution in [0.3, 0.4) is 0 Å². The lowest BCUT2D eigenvalue weighted by molar-refractivity contribution is -0.117. The first-order valence-electron chi connectivity index (χ1n) is 7.53. The van der Waals surface area contributed by atoms with Gasteiger partial charge < -0.3 is 5.32 Å². The third-order valence-electron chi connectivity index (χ3n) is 4.08. The van der Waals surface area contributed by atoms with Crippen molar-refractivity contribution in [2.45, 2.75) is 19.3 Å². The van der Waals surface area contributed by atoms with Crippen LogP contribution in [0.4, 0.5) is 5.69 Å². The molecular formula is C17H16N4OS. The molecule has 0 aliphatic heterocycles. The van der Waals surface area contributed by atoms with Crippen LogP contribution in [-0.2, 0) is 4.79 Å². The van der Waals surface area contributed by atoms with Gasteiger partial charge in [-0.15, -0.1) is 21.5 Å². The molecule has 2 atom stereocenters. The number of hydrogen-bond donors (Lipinski definition) is 1. The van der Waals surface area contributed by atoms with Crippen molar-refractivity contribution in [3.63, 3.8) is 0 Å². The molecule has 0 saturated heterocycles. The average Bonchev–Trinajstić information content (AvgIpc) is 2.95. The van der Waals surface area contributed by atoms with E-state index in [1.165, 1.54) is 9.75 Å². The number of amides is 1. The third-order valence-corrected chi connectivity index (χ3v) is 5.22. The number of carbonyl (C=O) groups is 1. The summed E-state index contributed by atoms with van der Waals surface area (Å²) >= 11 is 1.79. The first kappa shape index (κ1) is 14.1. The zero-order valence-electron chi connectivity index (χ0n) is 12.6. The second kappa shape index (κ2) is 5.62. The zero-order chi connectivity index (χ0) is 15.8. The molecule has 116 valence electrons. The molecule has 2 aromatic heterocycles. The van der Waals surface area contributed by atoms with Crippen molar-refractivity contribution in [3.8, 4) is 5.69 Å². The Kier molecular flexibility index (Phi) is 3.46. The van der Waals surface area contributed by atoms with Gasteiger partial charge in [-0.25, -0.2) is 0 Å². The highest BCUT2D eigenvalue weighted by molar-refractivity contribution is 7.12. The zero-order valence-corrected chi connectivity index (χ0v) is 13.5. The SMILES string of the molecule is Cc1ccc([C@H]2C[C@@H]2C(=O)Nc2cccc(-n3cnnc3)c2)s1. The Morgan fingerprint density at radius 1 is 1.26 bits per heavy atom. The summed E-state index contributed by atoms with van der Waals surface area (Å²) in [5.41, 5.74) is 1.73. The molecule has 6 heteroatoms. The predicted octanol–water partition coefficient (Wildman–Crippen LogP) is 3.38. The Morgan fingerprint density at radius 2 is 2.09 bits per heavy atom. The van der Waals surface area contributed by atoms with E-state index in [-0.39, 0.29) is 11.8 Å². The van der Waals surface area contributed by atoms with Crippen LogP contribution in [0.15, 0.2) is 49.1 Å². The van der Waals surface area contributed by atoms with Crippen molar-refractivity contribution >= 4 is 22.9 Å². The van der Waals surface area contributed by atoms with Crippen molar-refractivity contribution in [3.05, 3.63) is 58.8 Å². The van der Waals surface area contributed by atoms with Crippen LogP contribution in [0.5, 0.6) is 0 Å². The van der Waals surface area contributed by atoms with Gasteiger partial charge in [0.2, 0.25) is 5.91 Å². The number of carbonyl (C=O) groups excluding carboxylic acids is 1. The van der Waals surface area contributed by atoms with E-state index in [0.717, 1.165) is 17.8 Å². The molecule has 1 aliphatic carbocycles. The van der Waals surface area contributed by atoms with E-state index in [1.807, 2.05) is 28.8 Å². The van der Waals surface area contributed by atoms with Gasteiger partial charge in [0.25, 0.3) is 0 Å². The monoisotopic (exact) mass is 324 g/mol. The molecule has 1 amide bonds. The van der Waals surface area contributed by atoms with Gasteiger partial charge in [0, 0.05) is 27.3 Å². The molecule has 5 nitrogen and oxygen atoms in total. The summed E-state index contributed by atoms with van der Waals surface area (Å²) in [4.78, 5) is 15.0. The first-order valence-corrected chi connectivity index (χ1v) is 8.34. The Bertz CT molecular complexity index is 840. The standard InChI is InChI=1S/C17H16N4OS/c1-11-5-6-16(23-11)14-8-15(14)17(22)20-12-3-2-4-13(7-12)21-9-18-19-10-21/h2-7,9-10,14-15H,8H2,1H3,(H,20,22)/t14-,15-/m0/s1. The maximum Gasteiger partial charge on any atom is 0.228 e. The van der Waals surface area contributed by atoms with Crippen LogP contribution in [0.25, 0.3) is 5.69 Å². The number of hydrogen-bond acceptors (Lipinski definition) is 4. The maximum absolute atomic E-state index is 12.4. The Labute approximate surface area is 138 Å². The summed E-state index contributed by atoms with van der Waals surface area (Å²) in [6.07, 6.45) is 4.21. The van der Waals surface area contributed by atoms with Crippen LogP contribution in [-0.4, -0.2) is 20.7 Å². The lowest BCUT2D eigenvalue weighted by Gasteiger charge is -2.07. The van der Waals surface area contributed by atoms with Gasteiger partial charge in [-0.2, -0.15) is 0 Å². The quantitative estimate of drug-likeness (QED) is 0.800. The second-order valence-electron chi connectivity index (χ2n) is 5.81. The highest BCUT2D eigenvalue weighted by atomic mass is 32.1. The number of aromatic nitrogens is 3. The largest absolute Gasteiger partial charge is 0.326 e. The van der Waals surface area contributed by atoms with E-state index in [9.17, 15) is 4.79 Å². The fourth-order valence-electron chi connectivity index (χ4n) is 2.77. The molecule has 4 rings (SSSR count). The van der Waals surface area contributed by atoms with E-state index in [4.69, 9.17) is 0 Å². The van der Waals surface area contributed by atoms with Crippen LogP contribution in [0.2, 0.25) is 0 Å². The molecular weight excluding hydrogens is 308 g/mol. The fraction of sp³-hybridized carbons (Fsp3) is 0.235. The molecule has 0 unspecified atom stereocenters. The number of thiophene rings is 1. The van der Waals surface area contributed by atoms with Gasteiger partial charge in [-0.1, -0.05) is 6.07 Å². The highest BCUT2D eigenvalue weighted by Gasteiger charge is 2.44. The highest BCUT2D eigenvalue weighted by Crippen LogP contribution is 2.50. The van der Waals surface area contributed by atoms with Gasteiger partial charge in [0.15, 0.2) is 0 Å². The first-order chi connectivity index (χ1) is 11.2. The van der Waals surface area contributed by atoms with Crippen LogP contribution in [0, 0.1) is 12.8 Å². The lowest BCUT2D eigenvalue weighted by atomic mass is 10.2. The fourth-order valence-corrected chi connectivity index (χ4v) is 3.82. The smallest absolute Gasteiger partial charge is 0.228 e. The molecule has 0 radical (unpaired) electrons. The average molecular weight is 324 g/mol. The topological polar surface area (TPSA) is 59.8 Å². The summed E-state index contributed by atoms with van der Waals surface area (Å²) in [7, 11) is 0. The van der Waals surface area contributed by atoms with Gasteiger partial charge in [0.1, 0.15) is 12.7 Å². The molecule has 23 heavy (non-hydrogen) atoms. The third kappa shape index (κ3) is 2.90.